The number of carbonyl (C=O) groups excluding carboxylic acids is 2. The summed E-state index contributed by atoms with van der Waals surface area (Å²) in [5.41, 5.74) is -1.11. The molecule has 0 spiro atoms. The van der Waals surface area contributed by atoms with Crippen molar-refractivity contribution in [2.75, 3.05) is 0 Å². The van der Waals surface area contributed by atoms with Crippen molar-refractivity contribution < 1.29 is 14.7 Å². The Morgan fingerprint density at radius 3 is 2.50 bits per heavy atom. The molecule has 3 nitrogen and oxygen atoms in total. The molecule has 1 N–H and O–H groups in total. The Bertz CT molecular complexity index is 541. The predicted octanol–water partition coefficient (Wildman–Crippen LogP) is 3.28. The number of hydrogen-bond acceptors (Lipinski definition) is 3. The van der Waals surface area contributed by atoms with Gasteiger partial charge in [0.15, 0.2) is 0 Å². The van der Waals surface area contributed by atoms with E-state index in [1.807, 2.05) is 6.92 Å². The van der Waals surface area contributed by atoms with Crippen LogP contribution in [0.4, 0.5) is 0 Å². The second-order valence-corrected chi connectivity index (χ2v) is 8.95. The van der Waals surface area contributed by atoms with Crippen LogP contribution in [0.15, 0.2) is 0 Å². The molecule has 0 bridgehead atoms. The molecule has 4 aliphatic carbocycles. The first-order valence-electron chi connectivity index (χ1n) is 9.09. The smallest absolute Gasteiger partial charge is 0.141 e. The molecule has 4 fully saturated rings. The fraction of sp³-hybridized carbons (Fsp3) is 0.895. The van der Waals surface area contributed by atoms with Crippen LogP contribution in [0.25, 0.3) is 0 Å². The van der Waals surface area contributed by atoms with Gasteiger partial charge in [0.1, 0.15) is 11.6 Å². The van der Waals surface area contributed by atoms with Crippen LogP contribution in [0.3, 0.4) is 0 Å². The zero-order valence-corrected chi connectivity index (χ0v) is 13.9. The van der Waals surface area contributed by atoms with Crippen molar-refractivity contribution in [2.45, 2.75) is 77.2 Å². The van der Waals surface area contributed by atoms with Crippen LogP contribution in [0, 0.1) is 28.6 Å². The average Bonchev–Trinajstić information content (AvgIpc) is 2.72. The van der Waals surface area contributed by atoms with E-state index in [2.05, 4.69) is 6.92 Å². The van der Waals surface area contributed by atoms with E-state index in [9.17, 15) is 14.7 Å². The average molecular weight is 304 g/mol. The van der Waals surface area contributed by atoms with Crippen molar-refractivity contribution in [3.8, 4) is 0 Å². The summed E-state index contributed by atoms with van der Waals surface area (Å²) in [4.78, 5) is 24.3. The first-order chi connectivity index (χ1) is 10.3. The Labute approximate surface area is 132 Å². The number of ketones is 2. The Balaban J connectivity index is 1.71. The quantitative estimate of drug-likeness (QED) is 0.747. The predicted molar refractivity (Wildman–Crippen MR) is 83.2 cm³/mol. The number of Topliss-reactive ketones (excluding diaryl/α,β-unsaturated/α-hetero) is 2. The Hall–Kier alpha value is -0.700. The van der Waals surface area contributed by atoms with E-state index >= 15 is 0 Å². The lowest BCUT2D eigenvalue weighted by Gasteiger charge is -2.61. The summed E-state index contributed by atoms with van der Waals surface area (Å²) in [6, 6.07) is 0. The van der Waals surface area contributed by atoms with Crippen LogP contribution >= 0.6 is 0 Å². The SMILES string of the molecule is C[C@]12CCC(=O)C[C@@H]1CC[C@@H]1[C@H]2CC[C@@]2(C)C(=O)CC[C@@]12O. The molecule has 0 amide bonds. The summed E-state index contributed by atoms with van der Waals surface area (Å²) in [5, 5.41) is 11.5. The molecule has 0 heterocycles. The maximum Gasteiger partial charge on any atom is 0.141 e. The van der Waals surface area contributed by atoms with Gasteiger partial charge in [-0.25, -0.2) is 0 Å². The van der Waals surface area contributed by atoms with E-state index in [0.717, 1.165) is 38.5 Å². The van der Waals surface area contributed by atoms with Gasteiger partial charge in [-0.15, -0.1) is 0 Å². The zero-order valence-electron chi connectivity index (χ0n) is 13.9. The van der Waals surface area contributed by atoms with Crippen LogP contribution in [-0.2, 0) is 9.59 Å². The molecule has 0 unspecified atom stereocenters. The molecule has 0 aliphatic heterocycles. The van der Waals surface area contributed by atoms with Crippen molar-refractivity contribution in [3.63, 3.8) is 0 Å². The van der Waals surface area contributed by atoms with E-state index in [1.165, 1.54) is 0 Å². The van der Waals surface area contributed by atoms with Crippen LogP contribution in [-0.4, -0.2) is 22.3 Å². The fourth-order valence-electron chi connectivity index (χ4n) is 6.78. The summed E-state index contributed by atoms with van der Waals surface area (Å²) in [7, 11) is 0. The third kappa shape index (κ3) is 1.61. The van der Waals surface area contributed by atoms with E-state index in [1.54, 1.807) is 0 Å². The van der Waals surface area contributed by atoms with Crippen molar-refractivity contribution >= 4 is 11.6 Å². The molecule has 0 aromatic rings. The number of carbonyl (C=O) groups is 2. The lowest BCUT2D eigenvalue weighted by molar-refractivity contribution is -0.197. The van der Waals surface area contributed by atoms with Gasteiger partial charge in [-0.05, 0) is 68.6 Å². The molecule has 0 saturated heterocycles. The molecular weight excluding hydrogens is 276 g/mol. The molecule has 4 rings (SSSR count). The minimum absolute atomic E-state index is 0.194. The first kappa shape index (κ1) is 14.9. The van der Waals surface area contributed by atoms with E-state index in [0.29, 0.717) is 36.9 Å². The van der Waals surface area contributed by atoms with Gasteiger partial charge in [0.25, 0.3) is 0 Å². The Morgan fingerprint density at radius 1 is 0.955 bits per heavy atom. The molecule has 4 saturated carbocycles. The topological polar surface area (TPSA) is 54.4 Å². The molecular formula is C19H28O3. The van der Waals surface area contributed by atoms with Crippen molar-refractivity contribution in [3.05, 3.63) is 0 Å². The third-order valence-corrected chi connectivity index (χ3v) is 8.38. The van der Waals surface area contributed by atoms with E-state index < -0.39 is 11.0 Å². The van der Waals surface area contributed by atoms with Crippen LogP contribution < -0.4 is 0 Å². The van der Waals surface area contributed by atoms with Gasteiger partial charge in [-0.2, -0.15) is 0 Å². The largest absolute Gasteiger partial charge is 0.389 e. The lowest BCUT2D eigenvalue weighted by atomic mass is 9.44. The molecule has 4 aliphatic rings. The van der Waals surface area contributed by atoms with Gasteiger partial charge in [0, 0.05) is 19.3 Å². The van der Waals surface area contributed by atoms with Gasteiger partial charge in [-0.1, -0.05) is 6.92 Å². The molecule has 3 heteroatoms. The van der Waals surface area contributed by atoms with E-state index in [4.69, 9.17) is 0 Å². The van der Waals surface area contributed by atoms with Gasteiger partial charge in [0.05, 0.1) is 11.0 Å². The molecule has 6 atom stereocenters. The van der Waals surface area contributed by atoms with Gasteiger partial charge in [-0.3, -0.25) is 9.59 Å². The van der Waals surface area contributed by atoms with Crippen LogP contribution in [0.1, 0.15) is 71.6 Å². The molecule has 122 valence electrons. The maximum atomic E-state index is 12.4. The van der Waals surface area contributed by atoms with Gasteiger partial charge >= 0.3 is 0 Å². The van der Waals surface area contributed by atoms with Crippen molar-refractivity contribution in [1.29, 1.82) is 0 Å². The zero-order chi connectivity index (χ0) is 15.8. The molecule has 0 radical (unpaired) electrons. The van der Waals surface area contributed by atoms with Crippen LogP contribution in [0.2, 0.25) is 0 Å². The first-order valence-corrected chi connectivity index (χ1v) is 9.09. The Kier molecular flexibility index (Phi) is 3.00. The standard InChI is InChI=1S/C19H28O3/c1-17-8-5-13(20)11-12(17)3-4-15-14(17)6-9-18(2)16(21)7-10-19(15,18)22/h12,14-15,22H,3-11H2,1-2H3/t12-,14+,15+,17-,18-,19+/m0/s1. The summed E-state index contributed by atoms with van der Waals surface area (Å²) in [5.74, 6) is 1.95. The van der Waals surface area contributed by atoms with Gasteiger partial charge in [0.2, 0.25) is 0 Å². The number of aliphatic hydroxyl groups is 1. The normalized spacial score (nSPS) is 54.6. The summed E-state index contributed by atoms with van der Waals surface area (Å²) in [6.07, 6.45) is 7.58. The molecule has 0 aromatic carbocycles. The fourth-order valence-corrected chi connectivity index (χ4v) is 6.78. The van der Waals surface area contributed by atoms with Gasteiger partial charge < -0.3 is 5.11 Å². The summed E-state index contributed by atoms with van der Waals surface area (Å²) in [6.45, 7) is 4.38. The molecule has 0 aromatic heterocycles. The lowest BCUT2D eigenvalue weighted by Crippen LogP contribution is -2.62. The monoisotopic (exact) mass is 304 g/mol. The maximum absolute atomic E-state index is 12.4. The highest BCUT2D eigenvalue weighted by atomic mass is 16.3. The minimum Gasteiger partial charge on any atom is -0.389 e. The van der Waals surface area contributed by atoms with Crippen molar-refractivity contribution in [1.82, 2.24) is 0 Å². The second-order valence-electron chi connectivity index (χ2n) is 8.95. The van der Waals surface area contributed by atoms with Crippen LogP contribution in [0.5, 0.6) is 0 Å². The summed E-state index contributed by atoms with van der Waals surface area (Å²) >= 11 is 0. The highest BCUT2D eigenvalue weighted by Crippen LogP contribution is 2.66. The van der Waals surface area contributed by atoms with Crippen molar-refractivity contribution in [2.24, 2.45) is 28.6 Å². The Morgan fingerprint density at radius 2 is 1.73 bits per heavy atom. The summed E-state index contributed by atoms with van der Waals surface area (Å²) < 4.78 is 0. The number of rotatable bonds is 0. The second kappa shape index (κ2) is 4.43. The third-order valence-electron chi connectivity index (χ3n) is 8.38. The minimum atomic E-state index is -0.789. The number of fused-ring (bicyclic) bond motifs is 5. The highest BCUT2D eigenvalue weighted by molar-refractivity contribution is 5.88. The molecule has 22 heavy (non-hydrogen) atoms. The highest BCUT2D eigenvalue weighted by Gasteiger charge is 2.67. The number of hydrogen-bond donors (Lipinski definition) is 1. The van der Waals surface area contributed by atoms with E-state index in [-0.39, 0.29) is 17.1 Å².